The number of carboxylic acids is 1. The number of thiophene rings is 1. The molecule has 0 bridgehead atoms. The summed E-state index contributed by atoms with van der Waals surface area (Å²) in [6.07, 6.45) is 6.16. The molecule has 1 aromatic carbocycles. The van der Waals surface area contributed by atoms with Crippen LogP contribution in [0.25, 0.3) is 10.1 Å². The summed E-state index contributed by atoms with van der Waals surface area (Å²) >= 11 is 1.26. The zero-order valence-corrected chi connectivity index (χ0v) is 14.3. The lowest BCUT2D eigenvalue weighted by Gasteiger charge is -2.23. The maximum Gasteiger partial charge on any atom is 0.345 e. The van der Waals surface area contributed by atoms with Crippen LogP contribution < -0.4 is 9.47 Å². The number of fused-ring (bicyclic) bond motifs is 1. The standard InChI is InChI=1S/C18H22O4S/c1-11(2)21-15-8-13(22-12-6-4-3-5-7-12)9-16-14(15)10-17(23-16)18(19)20/h8-12H,3-7H2,1-2H3,(H,19,20). The van der Waals surface area contributed by atoms with Crippen LogP contribution in [0.15, 0.2) is 18.2 Å². The Morgan fingerprint density at radius 3 is 2.61 bits per heavy atom. The molecule has 3 rings (SSSR count). The van der Waals surface area contributed by atoms with E-state index in [0.29, 0.717) is 10.6 Å². The van der Waals surface area contributed by atoms with Crippen molar-refractivity contribution in [3.05, 3.63) is 23.1 Å². The number of hydrogen-bond donors (Lipinski definition) is 1. The van der Waals surface area contributed by atoms with Crippen LogP contribution in [0, 0.1) is 0 Å². The molecule has 0 atom stereocenters. The van der Waals surface area contributed by atoms with Crippen LogP contribution in [0.1, 0.15) is 55.6 Å². The summed E-state index contributed by atoms with van der Waals surface area (Å²) in [5.41, 5.74) is 0. The first-order valence-electron chi connectivity index (χ1n) is 8.17. The van der Waals surface area contributed by atoms with E-state index in [4.69, 9.17) is 9.47 Å². The molecule has 0 amide bonds. The highest BCUT2D eigenvalue weighted by Gasteiger charge is 2.18. The van der Waals surface area contributed by atoms with E-state index in [9.17, 15) is 9.90 Å². The molecule has 0 radical (unpaired) electrons. The molecular formula is C18H22O4S. The molecule has 1 aliphatic rings. The SMILES string of the molecule is CC(C)Oc1cc(OC2CCCCC2)cc2sc(C(=O)O)cc12. The molecule has 0 spiro atoms. The van der Waals surface area contributed by atoms with E-state index in [1.54, 1.807) is 6.07 Å². The first kappa shape index (κ1) is 16.1. The summed E-state index contributed by atoms with van der Waals surface area (Å²) in [5, 5.41) is 10.1. The number of aromatic carboxylic acids is 1. The number of ether oxygens (including phenoxy) is 2. The van der Waals surface area contributed by atoms with Crippen molar-refractivity contribution in [1.29, 1.82) is 0 Å². The molecule has 23 heavy (non-hydrogen) atoms. The minimum atomic E-state index is -0.906. The minimum Gasteiger partial charge on any atom is -0.490 e. The van der Waals surface area contributed by atoms with Crippen molar-refractivity contribution in [2.24, 2.45) is 0 Å². The van der Waals surface area contributed by atoms with Crippen molar-refractivity contribution < 1.29 is 19.4 Å². The fourth-order valence-electron chi connectivity index (χ4n) is 2.98. The van der Waals surface area contributed by atoms with Gasteiger partial charge in [0, 0.05) is 16.2 Å². The van der Waals surface area contributed by atoms with Crippen LogP contribution in [0.4, 0.5) is 0 Å². The third kappa shape index (κ3) is 3.78. The van der Waals surface area contributed by atoms with Crippen molar-refractivity contribution in [2.75, 3.05) is 0 Å². The molecule has 5 heteroatoms. The van der Waals surface area contributed by atoms with Crippen LogP contribution in [0.2, 0.25) is 0 Å². The first-order chi connectivity index (χ1) is 11.0. The first-order valence-corrected chi connectivity index (χ1v) is 8.99. The van der Waals surface area contributed by atoms with E-state index >= 15 is 0 Å². The van der Waals surface area contributed by atoms with Gasteiger partial charge in [-0.05, 0) is 51.7 Å². The molecule has 1 saturated carbocycles. The van der Waals surface area contributed by atoms with Crippen LogP contribution >= 0.6 is 11.3 Å². The predicted octanol–water partition coefficient (Wildman–Crippen LogP) is 5.10. The Kier molecular flexibility index (Phi) is 4.76. The van der Waals surface area contributed by atoms with Gasteiger partial charge in [0.1, 0.15) is 16.4 Å². The fourth-order valence-corrected chi connectivity index (χ4v) is 3.93. The largest absolute Gasteiger partial charge is 0.490 e. The van der Waals surface area contributed by atoms with E-state index in [1.807, 2.05) is 26.0 Å². The van der Waals surface area contributed by atoms with Gasteiger partial charge >= 0.3 is 5.97 Å². The summed E-state index contributed by atoms with van der Waals surface area (Å²) in [4.78, 5) is 11.6. The molecule has 0 saturated heterocycles. The average Bonchev–Trinajstić information content (AvgIpc) is 2.92. The van der Waals surface area contributed by atoms with Gasteiger partial charge in [0.25, 0.3) is 0 Å². The van der Waals surface area contributed by atoms with E-state index in [0.717, 1.165) is 28.7 Å². The van der Waals surface area contributed by atoms with Crippen LogP contribution in [0.5, 0.6) is 11.5 Å². The van der Waals surface area contributed by atoms with Crippen LogP contribution in [-0.4, -0.2) is 23.3 Å². The third-order valence-electron chi connectivity index (χ3n) is 4.00. The molecule has 4 nitrogen and oxygen atoms in total. The number of rotatable bonds is 5. The molecule has 1 fully saturated rings. The molecular weight excluding hydrogens is 312 g/mol. The number of benzene rings is 1. The summed E-state index contributed by atoms with van der Waals surface area (Å²) in [6, 6.07) is 5.52. The number of hydrogen-bond acceptors (Lipinski definition) is 4. The Balaban J connectivity index is 1.95. The van der Waals surface area contributed by atoms with Gasteiger partial charge in [-0.2, -0.15) is 0 Å². The Hall–Kier alpha value is -1.75. The maximum absolute atomic E-state index is 11.2. The van der Waals surface area contributed by atoms with E-state index in [-0.39, 0.29) is 12.2 Å². The van der Waals surface area contributed by atoms with Gasteiger partial charge in [0.2, 0.25) is 0 Å². The van der Waals surface area contributed by atoms with Crippen molar-refractivity contribution in [2.45, 2.75) is 58.2 Å². The Bertz CT molecular complexity index is 698. The molecule has 0 aliphatic heterocycles. The number of carbonyl (C=O) groups is 1. The highest BCUT2D eigenvalue weighted by molar-refractivity contribution is 7.20. The second-order valence-electron chi connectivity index (χ2n) is 6.29. The van der Waals surface area contributed by atoms with E-state index in [2.05, 4.69) is 0 Å². The molecule has 1 aliphatic carbocycles. The highest BCUT2D eigenvalue weighted by Crippen LogP contribution is 2.38. The summed E-state index contributed by atoms with van der Waals surface area (Å²) in [5.74, 6) is 0.572. The summed E-state index contributed by atoms with van der Waals surface area (Å²) in [7, 11) is 0. The van der Waals surface area contributed by atoms with Gasteiger partial charge in [-0.15, -0.1) is 11.3 Å². The van der Waals surface area contributed by atoms with E-state index < -0.39 is 5.97 Å². The topological polar surface area (TPSA) is 55.8 Å². The Morgan fingerprint density at radius 2 is 1.96 bits per heavy atom. The van der Waals surface area contributed by atoms with Gasteiger partial charge in [-0.25, -0.2) is 4.79 Å². The van der Waals surface area contributed by atoms with E-state index in [1.165, 1.54) is 30.6 Å². The van der Waals surface area contributed by atoms with Crippen LogP contribution in [-0.2, 0) is 0 Å². The van der Waals surface area contributed by atoms with Crippen molar-refractivity contribution >= 4 is 27.4 Å². The highest BCUT2D eigenvalue weighted by atomic mass is 32.1. The smallest absolute Gasteiger partial charge is 0.345 e. The average molecular weight is 334 g/mol. The predicted molar refractivity (Wildman–Crippen MR) is 92.0 cm³/mol. The number of carboxylic acid groups (broad SMARTS) is 1. The molecule has 2 aromatic rings. The lowest BCUT2D eigenvalue weighted by atomic mass is 9.98. The summed E-state index contributed by atoms with van der Waals surface area (Å²) in [6.45, 7) is 3.93. The lowest BCUT2D eigenvalue weighted by Crippen LogP contribution is -2.19. The monoisotopic (exact) mass is 334 g/mol. The van der Waals surface area contributed by atoms with Gasteiger partial charge in [-0.1, -0.05) is 6.42 Å². The molecule has 0 unspecified atom stereocenters. The second kappa shape index (κ2) is 6.79. The fraction of sp³-hybridized carbons (Fsp3) is 0.500. The molecule has 1 N–H and O–H groups in total. The normalized spacial score (nSPS) is 16.0. The van der Waals surface area contributed by atoms with Crippen molar-refractivity contribution in [3.8, 4) is 11.5 Å². The second-order valence-corrected chi connectivity index (χ2v) is 7.38. The molecule has 1 aromatic heterocycles. The van der Waals surface area contributed by atoms with Crippen LogP contribution in [0.3, 0.4) is 0 Å². The van der Waals surface area contributed by atoms with Gasteiger partial charge in [-0.3, -0.25) is 0 Å². The van der Waals surface area contributed by atoms with Gasteiger partial charge in [0.05, 0.1) is 12.2 Å². The third-order valence-corrected chi connectivity index (χ3v) is 5.07. The summed E-state index contributed by atoms with van der Waals surface area (Å²) < 4.78 is 12.9. The zero-order valence-electron chi connectivity index (χ0n) is 13.5. The van der Waals surface area contributed by atoms with Gasteiger partial charge < -0.3 is 14.6 Å². The van der Waals surface area contributed by atoms with Crippen molar-refractivity contribution in [1.82, 2.24) is 0 Å². The quantitative estimate of drug-likeness (QED) is 0.826. The lowest BCUT2D eigenvalue weighted by molar-refractivity contribution is 0.0702. The zero-order chi connectivity index (χ0) is 16.4. The Morgan fingerprint density at radius 1 is 1.22 bits per heavy atom. The Labute approximate surface area is 140 Å². The molecule has 124 valence electrons. The minimum absolute atomic E-state index is 0.0244. The molecule has 1 heterocycles. The van der Waals surface area contributed by atoms with Gasteiger partial charge in [0.15, 0.2) is 0 Å². The maximum atomic E-state index is 11.2. The van der Waals surface area contributed by atoms with Crippen molar-refractivity contribution in [3.63, 3.8) is 0 Å².